The van der Waals surface area contributed by atoms with Crippen molar-refractivity contribution in [3.05, 3.63) is 12.2 Å². The molecule has 2 radical (unpaired) electrons. The van der Waals surface area contributed by atoms with E-state index >= 15 is 0 Å². The number of rotatable bonds is 7. The van der Waals surface area contributed by atoms with Crippen molar-refractivity contribution in [3.8, 4) is 0 Å². The summed E-state index contributed by atoms with van der Waals surface area (Å²) in [7, 11) is 0. The van der Waals surface area contributed by atoms with Crippen LogP contribution in [0.1, 0.15) is 46.5 Å². The summed E-state index contributed by atoms with van der Waals surface area (Å²) in [6, 6.07) is 0. The molecule has 1 N–H and O–H groups in total. The molecule has 0 bridgehead atoms. The number of hydrogen-bond acceptors (Lipinski definition) is 1. The number of hydrogen-bond donors (Lipinski definition) is 1. The van der Waals surface area contributed by atoms with Crippen molar-refractivity contribution < 1.29 is 9.90 Å². The topological polar surface area (TPSA) is 37.3 Å². The van der Waals surface area contributed by atoms with Gasteiger partial charge < -0.3 is 5.11 Å². The van der Waals surface area contributed by atoms with Gasteiger partial charge in [0.2, 0.25) is 0 Å². The third-order valence-electron chi connectivity index (χ3n) is 1.72. The Morgan fingerprint density at radius 1 is 1.20 bits per heavy atom. The van der Waals surface area contributed by atoms with Crippen molar-refractivity contribution in [1.29, 1.82) is 0 Å². The summed E-state index contributed by atoms with van der Waals surface area (Å²) in [6.07, 6.45) is 8.40. The van der Waals surface area contributed by atoms with E-state index in [0.717, 1.165) is 6.08 Å². The molecule has 0 rings (SSSR count). The van der Waals surface area contributed by atoms with E-state index in [9.17, 15) is 4.79 Å². The molecule has 0 heterocycles. The number of aliphatic carboxylic acids is 1. The Kier molecular flexibility index (Phi) is 19.1. The van der Waals surface area contributed by atoms with E-state index in [4.69, 9.17) is 5.11 Å². The SMILES string of the molecule is C/C=C/C(=O)O.CCC[CH2][Sn][CH2]CCC. The molecule has 88 valence electrons. The van der Waals surface area contributed by atoms with Gasteiger partial charge in [-0.25, -0.2) is 4.79 Å². The number of carbonyl (C=O) groups is 1. The van der Waals surface area contributed by atoms with E-state index in [1.54, 1.807) is 15.8 Å². The molecule has 2 nitrogen and oxygen atoms in total. The first-order valence-corrected chi connectivity index (χ1v) is 9.78. The summed E-state index contributed by atoms with van der Waals surface area (Å²) in [6.45, 7) is 6.24. The van der Waals surface area contributed by atoms with Gasteiger partial charge in [0.05, 0.1) is 0 Å². The van der Waals surface area contributed by atoms with Gasteiger partial charge in [-0.15, -0.1) is 0 Å². The molecule has 15 heavy (non-hydrogen) atoms. The molecular formula is C12H24O2Sn. The standard InChI is InChI=1S/C4H6O2.2C4H9.Sn/c1-2-3-4(5)6;2*1-3-4-2;/h2-3H,1H3,(H,5,6);2*1,3-4H2,2H3;/b3-2+;;;. The van der Waals surface area contributed by atoms with Gasteiger partial charge in [0, 0.05) is 6.08 Å². The van der Waals surface area contributed by atoms with Crippen LogP contribution in [-0.4, -0.2) is 32.2 Å². The fourth-order valence-electron chi connectivity index (χ4n) is 0.871. The Morgan fingerprint density at radius 3 is 1.87 bits per heavy atom. The van der Waals surface area contributed by atoms with Crippen LogP contribution in [0, 0.1) is 0 Å². The maximum atomic E-state index is 9.51. The maximum absolute atomic E-state index is 9.51. The fourth-order valence-corrected chi connectivity index (χ4v) is 5.03. The zero-order chi connectivity index (χ0) is 11.9. The van der Waals surface area contributed by atoms with Crippen LogP contribution in [0.2, 0.25) is 8.87 Å². The van der Waals surface area contributed by atoms with Crippen LogP contribution in [0.5, 0.6) is 0 Å². The van der Waals surface area contributed by atoms with E-state index in [-0.39, 0.29) is 21.1 Å². The van der Waals surface area contributed by atoms with Crippen LogP contribution < -0.4 is 0 Å². The van der Waals surface area contributed by atoms with Crippen molar-refractivity contribution in [2.45, 2.75) is 55.3 Å². The molecule has 0 aliphatic carbocycles. The van der Waals surface area contributed by atoms with Gasteiger partial charge in [0.15, 0.2) is 0 Å². The molecule has 0 aliphatic rings. The van der Waals surface area contributed by atoms with Gasteiger partial charge in [0.25, 0.3) is 0 Å². The van der Waals surface area contributed by atoms with Crippen molar-refractivity contribution in [2.75, 3.05) is 0 Å². The molecular weight excluding hydrogens is 295 g/mol. The molecule has 0 unspecified atom stereocenters. The Balaban J connectivity index is 0. The zero-order valence-electron chi connectivity index (χ0n) is 10.3. The second-order valence-electron chi connectivity index (χ2n) is 3.30. The summed E-state index contributed by atoms with van der Waals surface area (Å²) >= 11 is 0.149. The third-order valence-corrected chi connectivity index (χ3v) is 5.76. The Morgan fingerprint density at radius 2 is 1.67 bits per heavy atom. The molecule has 0 aromatic heterocycles. The number of unbranched alkanes of at least 4 members (excludes halogenated alkanes) is 2. The quantitative estimate of drug-likeness (QED) is 0.441. The molecule has 0 atom stereocenters. The molecule has 0 amide bonds. The molecule has 0 aromatic carbocycles. The fraction of sp³-hybridized carbons (Fsp3) is 0.750. The summed E-state index contributed by atoms with van der Waals surface area (Å²) in [5, 5.41) is 7.83. The Hall–Kier alpha value is 0.00870. The first kappa shape index (κ1) is 17.4. The second-order valence-corrected chi connectivity index (χ2v) is 7.58. The summed E-state index contributed by atoms with van der Waals surface area (Å²) < 4.78 is 3.25. The van der Waals surface area contributed by atoms with E-state index in [0.29, 0.717) is 0 Å². The van der Waals surface area contributed by atoms with E-state index in [1.165, 1.54) is 31.8 Å². The predicted octanol–water partition coefficient (Wildman–Crippen LogP) is 3.77. The monoisotopic (exact) mass is 320 g/mol. The summed E-state index contributed by atoms with van der Waals surface area (Å²) in [5.74, 6) is -0.891. The number of carboxylic acids is 1. The normalized spacial score (nSPS) is 9.80. The first-order valence-electron chi connectivity index (χ1n) is 5.75. The summed E-state index contributed by atoms with van der Waals surface area (Å²) in [4.78, 5) is 9.51. The van der Waals surface area contributed by atoms with Crippen LogP contribution in [0.3, 0.4) is 0 Å². The molecule has 0 saturated carbocycles. The predicted molar refractivity (Wildman–Crippen MR) is 67.6 cm³/mol. The van der Waals surface area contributed by atoms with Gasteiger partial charge in [-0.2, -0.15) is 0 Å². The zero-order valence-corrected chi connectivity index (χ0v) is 13.1. The molecule has 0 spiro atoms. The third kappa shape index (κ3) is 24.9. The minimum atomic E-state index is -0.891. The average Bonchev–Trinajstić information content (AvgIpc) is 2.18. The van der Waals surface area contributed by atoms with Crippen LogP contribution in [0.15, 0.2) is 12.2 Å². The average molecular weight is 319 g/mol. The van der Waals surface area contributed by atoms with Crippen molar-refractivity contribution >= 4 is 27.1 Å². The molecule has 0 aromatic rings. The van der Waals surface area contributed by atoms with Crippen LogP contribution in [-0.2, 0) is 4.79 Å². The van der Waals surface area contributed by atoms with E-state index in [1.807, 2.05) is 0 Å². The van der Waals surface area contributed by atoms with Gasteiger partial charge in [-0.3, -0.25) is 0 Å². The second kappa shape index (κ2) is 16.4. The van der Waals surface area contributed by atoms with Gasteiger partial charge in [0.1, 0.15) is 0 Å². The molecule has 0 fully saturated rings. The Bertz CT molecular complexity index is 150. The van der Waals surface area contributed by atoms with Crippen LogP contribution >= 0.6 is 0 Å². The van der Waals surface area contributed by atoms with Crippen molar-refractivity contribution in [1.82, 2.24) is 0 Å². The van der Waals surface area contributed by atoms with Crippen molar-refractivity contribution in [3.63, 3.8) is 0 Å². The van der Waals surface area contributed by atoms with Gasteiger partial charge in [-0.05, 0) is 6.92 Å². The molecule has 0 aliphatic heterocycles. The molecule has 0 saturated heterocycles. The van der Waals surface area contributed by atoms with Crippen LogP contribution in [0.4, 0.5) is 0 Å². The van der Waals surface area contributed by atoms with Crippen molar-refractivity contribution in [2.24, 2.45) is 0 Å². The summed E-state index contributed by atoms with van der Waals surface area (Å²) in [5.41, 5.74) is 0. The van der Waals surface area contributed by atoms with Gasteiger partial charge >= 0.3 is 75.5 Å². The van der Waals surface area contributed by atoms with E-state index in [2.05, 4.69) is 13.8 Å². The number of allylic oxidation sites excluding steroid dienone is 1. The minimum absolute atomic E-state index is 0.149. The molecule has 3 heteroatoms. The van der Waals surface area contributed by atoms with Crippen LogP contribution in [0.25, 0.3) is 0 Å². The van der Waals surface area contributed by atoms with Gasteiger partial charge in [-0.1, -0.05) is 6.08 Å². The first-order chi connectivity index (χ1) is 7.18. The van der Waals surface area contributed by atoms with E-state index < -0.39 is 5.97 Å². The number of carboxylic acid groups (broad SMARTS) is 1. The Labute approximate surface area is 104 Å².